The first-order valence-electron chi connectivity index (χ1n) is 6.54. The van der Waals surface area contributed by atoms with Crippen molar-refractivity contribution in [1.29, 1.82) is 0 Å². The van der Waals surface area contributed by atoms with E-state index in [1.165, 1.54) is 0 Å². The highest BCUT2D eigenvalue weighted by atomic mass is 16.2. The van der Waals surface area contributed by atoms with Crippen LogP contribution in [-0.2, 0) is 16.8 Å². The van der Waals surface area contributed by atoms with Gasteiger partial charge in [-0.05, 0) is 38.5 Å². The van der Waals surface area contributed by atoms with Gasteiger partial charge in [-0.15, -0.1) is 0 Å². The average molecular weight is 272 g/mol. The Morgan fingerprint density at radius 1 is 1.35 bits per heavy atom. The highest BCUT2D eigenvalue weighted by Crippen LogP contribution is 2.24. The summed E-state index contributed by atoms with van der Waals surface area (Å²) in [6, 6.07) is 7.39. The van der Waals surface area contributed by atoms with Crippen LogP contribution in [0, 0.1) is 6.92 Å². The molecule has 1 aromatic heterocycles. The van der Waals surface area contributed by atoms with Crippen molar-refractivity contribution in [2.45, 2.75) is 32.7 Å². The van der Waals surface area contributed by atoms with Crippen molar-refractivity contribution in [3.63, 3.8) is 0 Å². The van der Waals surface area contributed by atoms with Crippen molar-refractivity contribution in [2.24, 2.45) is 0 Å². The number of aromatic nitrogens is 2. The third-order valence-electron chi connectivity index (χ3n) is 3.57. The Morgan fingerprint density at radius 3 is 2.55 bits per heavy atom. The quantitative estimate of drug-likeness (QED) is 0.743. The molecule has 20 heavy (non-hydrogen) atoms. The second-order valence-electron chi connectivity index (χ2n) is 5.45. The lowest BCUT2D eigenvalue weighted by Crippen LogP contribution is -2.39. The molecule has 0 atom stereocenters. The summed E-state index contributed by atoms with van der Waals surface area (Å²) in [5, 5.41) is 9.74. The Bertz CT molecular complexity index is 599. The number of nitrogens with two attached hydrogens (primary N) is 1. The van der Waals surface area contributed by atoms with Gasteiger partial charge in [0.2, 0.25) is 5.91 Å². The van der Waals surface area contributed by atoms with E-state index in [4.69, 9.17) is 5.73 Å². The van der Waals surface area contributed by atoms with Crippen molar-refractivity contribution < 1.29 is 4.79 Å². The highest BCUT2D eigenvalue weighted by Gasteiger charge is 2.29. The summed E-state index contributed by atoms with van der Waals surface area (Å²) in [7, 11) is 0. The predicted molar refractivity (Wildman–Crippen MR) is 79.1 cm³/mol. The van der Waals surface area contributed by atoms with Crippen LogP contribution in [0.1, 0.15) is 30.7 Å². The fraction of sp³-hybridized carbons (Fsp3) is 0.333. The first kappa shape index (κ1) is 14.1. The van der Waals surface area contributed by atoms with E-state index < -0.39 is 5.41 Å². The van der Waals surface area contributed by atoms with Gasteiger partial charge in [-0.2, -0.15) is 5.10 Å². The number of rotatable bonds is 4. The van der Waals surface area contributed by atoms with Crippen molar-refractivity contribution >= 4 is 11.6 Å². The Labute approximate surface area is 118 Å². The van der Waals surface area contributed by atoms with Crippen molar-refractivity contribution in [1.82, 2.24) is 15.5 Å². The summed E-state index contributed by atoms with van der Waals surface area (Å²) >= 11 is 0. The van der Waals surface area contributed by atoms with Crippen LogP contribution in [0.25, 0.3) is 0 Å². The van der Waals surface area contributed by atoms with Crippen LogP contribution in [0.3, 0.4) is 0 Å². The molecule has 1 heterocycles. The van der Waals surface area contributed by atoms with Crippen molar-refractivity contribution in [2.75, 3.05) is 5.73 Å². The van der Waals surface area contributed by atoms with Crippen LogP contribution in [0.5, 0.6) is 0 Å². The van der Waals surface area contributed by atoms with E-state index in [9.17, 15) is 4.79 Å². The topological polar surface area (TPSA) is 83.8 Å². The maximum Gasteiger partial charge on any atom is 0.230 e. The largest absolute Gasteiger partial charge is 0.399 e. The number of nitrogens with one attached hydrogen (secondary N) is 2. The Morgan fingerprint density at radius 2 is 2.00 bits per heavy atom. The van der Waals surface area contributed by atoms with Gasteiger partial charge in [0.05, 0.1) is 11.6 Å². The minimum atomic E-state index is -0.606. The number of carbonyl (C=O) groups excluding carboxylic acids is 1. The van der Waals surface area contributed by atoms with E-state index in [0.29, 0.717) is 12.2 Å². The molecule has 0 radical (unpaired) electrons. The van der Waals surface area contributed by atoms with Gasteiger partial charge in [0, 0.05) is 23.5 Å². The molecule has 0 fully saturated rings. The summed E-state index contributed by atoms with van der Waals surface area (Å²) in [6.45, 7) is 6.20. The number of hydrogen-bond acceptors (Lipinski definition) is 3. The minimum Gasteiger partial charge on any atom is -0.399 e. The Hall–Kier alpha value is -2.30. The monoisotopic (exact) mass is 272 g/mol. The molecule has 0 saturated heterocycles. The van der Waals surface area contributed by atoms with Crippen LogP contribution in [0.2, 0.25) is 0 Å². The normalized spacial score (nSPS) is 11.3. The van der Waals surface area contributed by atoms with E-state index in [2.05, 4.69) is 15.5 Å². The first-order chi connectivity index (χ1) is 9.41. The third-order valence-corrected chi connectivity index (χ3v) is 3.57. The summed E-state index contributed by atoms with van der Waals surface area (Å²) in [5.74, 6) is -0.0251. The molecule has 2 rings (SSSR count). The Balaban J connectivity index is 2.07. The molecule has 5 heteroatoms. The number of benzene rings is 1. The number of carbonyl (C=O) groups is 1. The maximum absolute atomic E-state index is 12.4. The van der Waals surface area contributed by atoms with E-state index in [1.54, 1.807) is 6.20 Å². The van der Waals surface area contributed by atoms with Crippen LogP contribution in [0.4, 0.5) is 5.69 Å². The number of anilines is 1. The standard InChI is InChI=1S/C15H20N4O/c1-10-11(9-18-19-10)8-17-14(20)15(2,3)12-4-6-13(16)7-5-12/h4-7,9H,8,16H2,1-3H3,(H,17,20)(H,18,19). The molecule has 1 aromatic carbocycles. The van der Waals surface area contributed by atoms with Crippen molar-refractivity contribution in [3.8, 4) is 0 Å². The molecular formula is C15H20N4O. The van der Waals surface area contributed by atoms with Gasteiger partial charge in [-0.25, -0.2) is 0 Å². The second kappa shape index (κ2) is 5.36. The number of hydrogen-bond donors (Lipinski definition) is 3. The SMILES string of the molecule is Cc1[nH]ncc1CNC(=O)C(C)(C)c1ccc(N)cc1. The van der Waals surface area contributed by atoms with Crippen LogP contribution in [0.15, 0.2) is 30.5 Å². The van der Waals surface area contributed by atoms with Gasteiger partial charge in [0.25, 0.3) is 0 Å². The van der Waals surface area contributed by atoms with E-state index >= 15 is 0 Å². The highest BCUT2D eigenvalue weighted by molar-refractivity contribution is 5.87. The third kappa shape index (κ3) is 2.82. The van der Waals surface area contributed by atoms with Crippen LogP contribution < -0.4 is 11.1 Å². The molecule has 0 aliphatic heterocycles. The van der Waals surface area contributed by atoms with Gasteiger partial charge in [-0.1, -0.05) is 12.1 Å². The number of nitrogen functional groups attached to an aromatic ring is 1. The zero-order valence-electron chi connectivity index (χ0n) is 12.0. The number of aryl methyl sites for hydroxylation is 1. The van der Waals surface area contributed by atoms with Gasteiger partial charge < -0.3 is 11.1 Å². The van der Waals surface area contributed by atoms with Crippen molar-refractivity contribution in [3.05, 3.63) is 47.3 Å². The first-order valence-corrected chi connectivity index (χ1v) is 6.54. The van der Waals surface area contributed by atoms with Crippen LogP contribution >= 0.6 is 0 Å². The number of amides is 1. The molecule has 0 saturated carbocycles. The molecule has 0 aliphatic rings. The van der Waals surface area contributed by atoms with Crippen LogP contribution in [-0.4, -0.2) is 16.1 Å². The summed E-state index contributed by atoms with van der Waals surface area (Å²) in [4.78, 5) is 12.4. The molecule has 106 valence electrons. The number of nitrogens with zero attached hydrogens (tertiary/aromatic N) is 1. The summed E-state index contributed by atoms with van der Waals surface area (Å²) in [6.07, 6.45) is 1.73. The summed E-state index contributed by atoms with van der Waals surface area (Å²) < 4.78 is 0. The molecule has 4 N–H and O–H groups in total. The Kier molecular flexibility index (Phi) is 3.79. The molecule has 5 nitrogen and oxygen atoms in total. The second-order valence-corrected chi connectivity index (χ2v) is 5.45. The molecular weight excluding hydrogens is 252 g/mol. The summed E-state index contributed by atoms with van der Waals surface area (Å²) in [5.41, 5.74) is 8.66. The number of aromatic amines is 1. The maximum atomic E-state index is 12.4. The molecule has 0 unspecified atom stereocenters. The van der Waals surface area contributed by atoms with Gasteiger partial charge in [-0.3, -0.25) is 9.89 Å². The van der Waals surface area contributed by atoms with Gasteiger partial charge in [0.1, 0.15) is 0 Å². The molecule has 2 aromatic rings. The fourth-order valence-corrected chi connectivity index (χ4v) is 1.98. The zero-order valence-corrected chi connectivity index (χ0v) is 12.0. The van der Waals surface area contributed by atoms with Gasteiger partial charge >= 0.3 is 0 Å². The zero-order chi connectivity index (χ0) is 14.8. The van der Waals surface area contributed by atoms with E-state index in [1.807, 2.05) is 45.0 Å². The minimum absolute atomic E-state index is 0.0251. The lowest BCUT2D eigenvalue weighted by molar-refractivity contribution is -0.125. The number of H-pyrrole nitrogens is 1. The lowest BCUT2D eigenvalue weighted by atomic mass is 9.83. The predicted octanol–water partition coefficient (Wildman–Crippen LogP) is 1.89. The molecule has 0 bridgehead atoms. The molecule has 0 aliphatic carbocycles. The van der Waals surface area contributed by atoms with E-state index in [-0.39, 0.29) is 5.91 Å². The van der Waals surface area contributed by atoms with Gasteiger partial charge in [0.15, 0.2) is 0 Å². The average Bonchev–Trinajstić information content (AvgIpc) is 2.82. The van der Waals surface area contributed by atoms with E-state index in [0.717, 1.165) is 16.8 Å². The smallest absolute Gasteiger partial charge is 0.230 e. The molecule has 0 spiro atoms. The lowest BCUT2D eigenvalue weighted by Gasteiger charge is -2.24. The fourth-order valence-electron chi connectivity index (χ4n) is 1.98. The molecule has 1 amide bonds.